The molecule has 0 saturated carbocycles. The van der Waals surface area contributed by atoms with Crippen LogP contribution in [-0.4, -0.2) is 39.6 Å². The van der Waals surface area contributed by atoms with E-state index in [1.807, 2.05) is 17.9 Å². The quantitative estimate of drug-likeness (QED) is 0.773. The van der Waals surface area contributed by atoms with Crippen LogP contribution in [0, 0.1) is 5.92 Å². The van der Waals surface area contributed by atoms with Crippen LogP contribution in [0.5, 0.6) is 0 Å². The first-order chi connectivity index (χ1) is 7.78. The number of likely N-dealkylation sites (tertiary alicyclic amines) is 1. The number of aryl methyl sites for hydroxylation is 1. The average molecular weight is 286 g/mol. The van der Waals surface area contributed by atoms with E-state index < -0.39 is 0 Å². The van der Waals surface area contributed by atoms with Crippen LogP contribution in [0.2, 0.25) is 0 Å². The molecular weight excluding hydrogens is 266 g/mol. The number of nitrogens with zero attached hydrogens (tertiary/aromatic N) is 3. The molecule has 0 N–H and O–H groups in total. The molecule has 90 valence electrons. The highest BCUT2D eigenvalue weighted by atomic mass is 79.9. The molecule has 0 spiro atoms. The lowest BCUT2D eigenvalue weighted by molar-refractivity contribution is 0.327. The number of aromatic nitrogens is 2. The summed E-state index contributed by atoms with van der Waals surface area (Å²) in [7, 11) is 1.98. The van der Waals surface area contributed by atoms with Crippen molar-refractivity contribution < 1.29 is 0 Å². The zero-order valence-electron chi connectivity index (χ0n) is 9.90. The maximum atomic E-state index is 4.20. The van der Waals surface area contributed by atoms with E-state index in [0.29, 0.717) is 0 Å². The van der Waals surface area contributed by atoms with Gasteiger partial charge in [-0.3, -0.25) is 4.68 Å². The molecule has 0 aliphatic carbocycles. The Hall–Kier alpha value is -0.350. The molecule has 1 aromatic rings. The number of halogens is 1. The largest absolute Gasteiger partial charge is 0.303 e. The molecule has 1 atom stereocenters. The third-order valence-corrected chi connectivity index (χ3v) is 3.82. The minimum Gasteiger partial charge on any atom is -0.303 e. The Balaban J connectivity index is 1.71. The summed E-state index contributed by atoms with van der Waals surface area (Å²) >= 11 is 3.53. The first-order valence-electron chi connectivity index (χ1n) is 6.04. The van der Waals surface area contributed by atoms with Gasteiger partial charge < -0.3 is 4.90 Å². The molecule has 1 aliphatic heterocycles. The van der Waals surface area contributed by atoms with Crippen LogP contribution in [0.25, 0.3) is 0 Å². The van der Waals surface area contributed by atoms with Gasteiger partial charge in [0.25, 0.3) is 0 Å². The monoisotopic (exact) mass is 285 g/mol. The van der Waals surface area contributed by atoms with Crippen molar-refractivity contribution in [1.82, 2.24) is 14.7 Å². The SMILES string of the molecule is Cn1cc(CCN2CCC(CCBr)C2)cn1. The molecule has 3 nitrogen and oxygen atoms in total. The zero-order valence-corrected chi connectivity index (χ0v) is 11.5. The summed E-state index contributed by atoms with van der Waals surface area (Å²) < 4.78 is 1.88. The molecular formula is C12H20BrN3. The minimum absolute atomic E-state index is 0.910. The van der Waals surface area contributed by atoms with Crippen LogP contribution >= 0.6 is 15.9 Å². The lowest BCUT2D eigenvalue weighted by atomic mass is 10.1. The van der Waals surface area contributed by atoms with Crippen molar-refractivity contribution in [3.8, 4) is 0 Å². The number of rotatable bonds is 5. The van der Waals surface area contributed by atoms with Gasteiger partial charge in [0, 0.05) is 31.7 Å². The van der Waals surface area contributed by atoms with E-state index in [0.717, 1.165) is 17.7 Å². The van der Waals surface area contributed by atoms with Crippen molar-refractivity contribution in [3.63, 3.8) is 0 Å². The third kappa shape index (κ3) is 3.32. The summed E-state index contributed by atoms with van der Waals surface area (Å²) in [5, 5.41) is 5.35. The van der Waals surface area contributed by atoms with E-state index in [-0.39, 0.29) is 0 Å². The average Bonchev–Trinajstić information content (AvgIpc) is 2.85. The Bertz CT molecular complexity index is 324. The van der Waals surface area contributed by atoms with Crippen LogP contribution in [0.15, 0.2) is 12.4 Å². The summed E-state index contributed by atoms with van der Waals surface area (Å²) in [5.74, 6) is 0.910. The van der Waals surface area contributed by atoms with Gasteiger partial charge in [-0.15, -0.1) is 0 Å². The molecule has 2 heterocycles. The summed E-state index contributed by atoms with van der Waals surface area (Å²) in [4.78, 5) is 2.58. The number of hydrogen-bond acceptors (Lipinski definition) is 2. The number of alkyl halides is 1. The van der Waals surface area contributed by atoms with Gasteiger partial charge in [0.1, 0.15) is 0 Å². The van der Waals surface area contributed by atoms with Gasteiger partial charge in [-0.2, -0.15) is 5.10 Å². The normalized spacial score (nSPS) is 21.8. The highest BCUT2D eigenvalue weighted by molar-refractivity contribution is 9.09. The maximum absolute atomic E-state index is 4.20. The molecule has 1 unspecified atom stereocenters. The van der Waals surface area contributed by atoms with Crippen molar-refractivity contribution in [2.45, 2.75) is 19.3 Å². The van der Waals surface area contributed by atoms with Crippen molar-refractivity contribution >= 4 is 15.9 Å². The fourth-order valence-corrected chi connectivity index (χ4v) is 3.04. The van der Waals surface area contributed by atoms with Crippen molar-refractivity contribution in [3.05, 3.63) is 18.0 Å². The van der Waals surface area contributed by atoms with Gasteiger partial charge in [0.15, 0.2) is 0 Å². The highest BCUT2D eigenvalue weighted by Crippen LogP contribution is 2.20. The predicted molar refractivity (Wildman–Crippen MR) is 69.9 cm³/mol. The molecule has 0 radical (unpaired) electrons. The maximum Gasteiger partial charge on any atom is 0.0522 e. The highest BCUT2D eigenvalue weighted by Gasteiger charge is 2.21. The minimum atomic E-state index is 0.910. The smallest absolute Gasteiger partial charge is 0.0522 e. The lowest BCUT2D eigenvalue weighted by Gasteiger charge is -2.14. The molecule has 1 aliphatic rings. The van der Waals surface area contributed by atoms with E-state index in [9.17, 15) is 0 Å². The Labute approximate surface area is 106 Å². The van der Waals surface area contributed by atoms with Crippen molar-refractivity contribution in [2.24, 2.45) is 13.0 Å². The van der Waals surface area contributed by atoms with Crippen LogP contribution in [0.3, 0.4) is 0 Å². The fraction of sp³-hybridized carbons (Fsp3) is 0.750. The first-order valence-corrected chi connectivity index (χ1v) is 7.16. The second kappa shape index (κ2) is 5.82. The van der Waals surface area contributed by atoms with Crippen LogP contribution in [-0.2, 0) is 13.5 Å². The van der Waals surface area contributed by atoms with Gasteiger partial charge in [-0.05, 0) is 37.3 Å². The Morgan fingerprint density at radius 2 is 2.44 bits per heavy atom. The zero-order chi connectivity index (χ0) is 11.4. The molecule has 1 aromatic heterocycles. The fourth-order valence-electron chi connectivity index (χ4n) is 2.39. The van der Waals surface area contributed by atoms with E-state index in [2.05, 4.69) is 32.1 Å². The third-order valence-electron chi connectivity index (χ3n) is 3.36. The van der Waals surface area contributed by atoms with Crippen molar-refractivity contribution in [2.75, 3.05) is 25.0 Å². The number of hydrogen-bond donors (Lipinski definition) is 0. The van der Waals surface area contributed by atoms with Gasteiger partial charge in [-0.1, -0.05) is 15.9 Å². The molecule has 2 rings (SSSR count). The van der Waals surface area contributed by atoms with Gasteiger partial charge in [-0.25, -0.2) is 0 Å². The molecule has 1 fully saturated rings. The lowest BCUT2D eigenvalue weighted by Crippen LogP contribution is -2.23. The first kappa shape index (κ1) is 12.1. The standard InChI is InChI=1S/C12H20BrN3/c1-15-9-12(8-14-15)4-7-16-6-3-11(10-16)2-5-13/h8-9,11H,2-7,10H2,1H3. The Morgan fingerprint density at radius 3 is 3.12 bits per heavy atom. The topological polar surface area (TPSA) is 21.1 Å². The Morgan fingerprint density at radius 1 is 1.56 bits per heavy atom. The summed E-state index contributed by atoms with van der Waals surface area (Å²) in [6.45, 7) is 3.74. The van der Waals surface area contributed by atoms with E-state index >= 15 is 0 Å². The van der Waals surface area contributed by atoms with Crippen LogP contribution in [0.4, 0.5) is 0 Å². The second-order valence-corrected chi connectivity index (χ2v) is 5.50. The van der Waals surface area contributed by atoms with Crippen LogP contribution in [0.1, 0.15) is 18.4 Å². The summed E-state index contributed by atoms with van der Waals surface area (Å²) in [5.41, 5.74) is 1.35. The van der Waals surface area contributed by atoms with Gasteiger partial charge >= 0.3 is 0 Å². The molecule has 0 bridgehead atoms. The molecule has 4 heteroatoms. The van der Waals surface area contributed by atoms with E-state index in [4.69, 9.17) is 0 Å². The van der Waals surface area contributed by atoms with Crippen LogP contribution < -0.4 is 0 Å². The molecule has 0 aromatic carbocycles. The Kier molecular flexibility index (Phi) is 4.41. The van der Waals surface area contributed by atoms with E-state index in [1.54, 1.807) is 0 Å². The summed E-state index contributed by atoms with van der Waals surface area (Å²) in [6.07, 6.45) is 7.93. The van der Waals surface area contributed by atoms with Gasteiger partial charge in [0.05, 0.1) is 6.20 Å². The van der Waals surface area contributed by atoms with Crippen molar-refractivity contribution in [1.29, 1.82) is 0 Å². The van der Waals surface area contributed by atoms with E-state index in [1.165, 1.54) is 38.0 Å². The second-order valence-electron chi connectivity index (χ2n) is 4.71. The summed E-state index contributed by atoms with van der Waals surface area (Å²) in [6, 6.07) is 0. The molecule has 1 saturated heterocycles. The molecule has 16 heavy (non-hydrogen) atoms. The van der Waals surface area contributed by atoms with Gasteiger partial charge in [0.2, 0.25) is 0 Å². The molecule has 0 amide bonds. The predicted octanol–water partition coefficient (Wildman–Crippen LogP) is 2.07.